The fraction of sp³-hybridized carbons (Fsp3) is 0.571. The molecule has 2 rings (SSSR count). The molecule has 1 heterocycles. The molecule has 5 nitrogen and oxygen atoms in total. The average Bonchev–Trinajstić information content (AvgIpc) is 2.48. The van der Waals surface area contributed by atoms with Gasteiger partial charge in [0.15, 0.2) is 0 Å². The minimum atomic E-state index is -3.42. The summed E-state index contributed by atoms with van der Waals surface area (Å²) in [4.78, 5) is 0.307. The van der Waals surface area contributed by atoms with E-state index in [1.54, 1.807) is 28.6 Å². The van der Waals surface area contributed by atoms with Crippen molar-refractivity contribution < 1.29 is 13.2 Å². The molecule has 0 aromatic heterocycles. The second-order valence-electron chi connectivity index (χ2n) is 5.11. The normalized spacial score (nSPS) is 20.8. The second kappa shape index (κ2) is 6.56. The van der Waals surface area contributed by atoms with Gasteiger partial charge in [-0.1, -0.05) is 6.07 Å². The van der Waals surface area contributed by atoms with Crippen molar-refractivity contribution in [3.05, 3.63) is 24.3 Å². The molecular formula is C14H22N2O3S. The quantitative estimate of drug-likeness (QED) is 0.890. The zero-order valence-electron chi connectivity index (χ0n) is 12.0. The Morgan fingerprint density at radius 3 is 2.95 bits per heavy atom. The lowest BCUT2D eigenvalue weighted by molar-refractivity contribution is 0.263. The summed E-state index contributed by atoms with van der Waals surface area (Å²) < 4.78 is 32.0. The van der Waals surface area contributed by atoms with Gasteiger partial charge in [0.1, 0.15) is 5.75 Å². The molecule has 1 saturated heterocycles. The zero-order chi connectivity index (χ0) is 14.6. The van der Waals surface area contributed by atoms with Gasteiger partial charge in [0.05, 0.1) is 12.0 Å². The van der Waals surface area contributed by atoms with Crippen molar-refractivity contribution in [1.29, 1.82) is 0 Å². The number of hydrogen-bond donors (Lipinski definition) is 1. The van der Waals surface area contributed by atoms with Crippen molar-refractivity contribution in [2.45, 2.75) is 17.7 Å². The molecular weight excluding hydrogens is 276 g/mol. The van der Waals surface area contributed by atoms with Crippen molar-refractivity contribution in [3.63, 3.8) is 0 Å². The van der Waals surface area contributed by atoms with Crippen LogP contribution < -0.4 is 10.1 Å². The largest absolute Gasteiger partial charge is 0.497 e. The molecule has 1 aromatic carbocycles. The van der Waals surface area contributed by atoms with Crippen LogP contribution in [0.3, 0.4) is 0 Å². The van der Waals surface area contributed by atoms with Gasteiger partial charge in [-0.05, 0) is 44.5 Å². The monoisotopic (exact) mass is 298 g/mol. The topological polar surface area (TPSA) is 58.6 Å². The van der Waals surface area contributed by atoms with Gasteiger partial charge >= 0.3 is 0 Å². The zero-order valence-corrected chi connectivity index (χ0v) is 12.8. The molecule has 1 fully saturated rings. The Bertz CT molecular complexity index is 543. The summed E-state index contributed by atoms with van der Waals surface area (Å²) in [5.74, 6) is 0.948. The highest BCUT2D eigenvalue weighted by molar-refractivity contribution is 7.89. The van der Waals surface area contributed by atoms with E-state index in [2.05, 4.69) is 5.32 Å². The van der Waals surface area contributed by atoms with Crippen LogP contribution in [0.1, 0.15) is 12.8 Å². The van der Waals surface area contributed by atoms with E-state index in [0.717, 1.165) is 19.4 Å². The summed E-state index contributed by atoms with van der Waals surface area (Å²) in [5, 5.41) is 3.13. The summed E-state index contributed by atoms with van der Waals surface area (Å²) in [6.07, 6.45) is 1.99. The molecule has 1 atom stereocenters. The maximum absolute atomic E-state index is 12.7. The molecule has 0 radical (unpaired) electrons. The average molecular weight is 298 g/mol. The van der Waals surface area contributed by atoms with E-state index < -0.39 is 10.0 Å². The highest BCUT2D eigenvalue weighted by atomic mass is 32.2. The SMILES string of the molecule is CNCC1CCCN(S(=O)(=O)c2cccc(OC)c2)C1. The lowest BCUT2D eigenvalue weighted by atomic mass is 10.00. The first kappa shape index (κ1) is 15.3. The maximum atomic E-state index is 12.7. The second-order valence-corrected chi connectivity index (χ2v) is 7.05. The maximum Gasteiger partial charge on any atom is 0.243 e. The summed E-state index contributed by atoms with van der Waals surface area (Å²) in [7, 11) is 0.0153. The van der Waals surface area contributed by atoms with E-state index in [-0.39, 0.29) is 0 Å². The fourth-order valence-electron chi connectivity index (χ4n) is 2.61. The molecule has 0 aliphatic carbocycles. The molecule has 1 N–H and O–H groups in total. The summed E-state index contributed by atoms with van der Waals surface area (Å²) >= 11 is 0. The molecule has 1 unspecified atom stereocenters. The Morgan fingerprint density at radius 1 is 1.45 bits per heavy atom. The molecule has 0 amide bonds. The van der Waals surface area contributed by atoms with Gasteiger partial charge < -0.3 is 10.1 Å². The van der Waals surface area contributed by atoms with Crippen molar-refractivity contribution >= 4 is 10.0 Å². The predicted octanol–water partition coefficient (Wildman–Crippen LogP) is 1.32. The van der Waals surface area contributed by atoms with Crippen molar-refractivity contribution in [1.82, 2.24) is 9.62 Å². The van der Waals surface area contributed by atoms with Crippen LogP contribution in [0, 0.1) is 5.92 Å². The number of nitrogens with one attached hydrogen (secondary N) is 1. The van der Waals surface area contributed by atoms with Gasteiger partial charge in [-0.3, -0.25) is 0 Å². The van der Waals surface area contributed by atoms with Crippen LogP contribution in [0.2, 0.25) is 0 Å². The first-order valence-electron chi connectivity index (χ1n) is 6.86. The van der Waals surface area contributed by atoms with Crippen LogP contribution in [0.25, 0.3) is 0 Å². The number of ether oxygens (including phenoxy) is 1. The Balaban J connectivity index is 2.20. The fourth-order valence-corrected chi connectivity index (χ4v) is 4.20. The summed E-state index contributed by atoms with van der Waals surface area (Å²) in [5.41, 5.74) is 0. The van der Waals surface area contributed by atoms with Gasteiger partial charge in [0.25, 0.3) is 0 Å². The Morgan fingerprint density at radius 2 is 2.25 bits per heavy atom. The van der Waals surface area contributed by atoms with E-state index in [9.17, 15) is 8.42 Å². The Kier molecular flexibility index (Phi) is 5.01. The summed E-state index contributed by atoms with van der Waals surface area (Å²) in [6, 6.07) is 6.66. The highest BCUT2D eigenvalue weighted by Gasteiger charge is 2.30. The molecule has 0 spiro atoms. The lowest BCUT2D eigenvalue weighted by Gasteiger charge is -2.31. The third kappa shape index (κ3) is 3.31. The molecule has 0 saturated carbocycles. The molecule has 1 aliphatic heterocycles. The first-order chi connectivity index (χ1) is 9.57. The third-order valence-corrected chi connectivity index (χ3v) is 5.51. The van der Waals surface area contributed by atoms with Crippen LogP contribution in [0.5, 0.6) is 5.75 Å². The smallest absolute Gasteiger partial charge is 0.243 e. The van der Waals surface area contributed by atoms with Crippen LogP contribution >= 0.6 is 0 Å². The molecule has 6 heteroatoms. The number of rotatable bonds is 5. The Hall–Kier alpha value is -1.11. The van der Waals surface area contributed by atoms with E-state index in [0.29, 0.717) is 29.7 Å². The molecule has 1 aromatic rings. The number of methoxy groups -OCH3 is 1. The van der Waals surface area contributed by atoms with Gasteiger partial charge in [-0.2, -0.15) is 4.31 Å². The van der Waals surface area contributed by atoms with Crippen molar-refractivity contribution in [2.75, 3.05) is 33.8 Å². The van der Waals surface area contributed by atoms with Gasteiger partial charge in [0.2, 0.25) is 10.0 Å². The Labute approximate surface area is 121 Å². The van der Waals surface area contributed by atoms with Gasteiger partial charge in [0, 0.05) is 19.2 Å². The third-order valence-electron chi connectivity index (χ3n) is 3.65. The van der Waals surface area contributed by atoms with E-state index in [1.165, 1.54) is 7.11 Å². The molecule has 0 bridgehead atoms. The molecule has 112 valence electrons. The predicted molar refractivity (Wildman–Crippen MR) is 78.4 cm³/mol. The minimum absolute atomic E-state index is 0.307. The van der Waals surface area contributed by atoms with E-state index >= 15 is 0 Å². The number of sulfonamides is 1. The van der Waals surface area contributed by atoms with Crippen LogP contribution in [0.15, 0.2) is 29.2 Å². The standard InChI is InChI=1S/C14H22N2O3S/c1-15-10-12-5-4-8-16(11-12)20(17,18)14-7-3-6-13(9-14)19-2/h3,6-7,9,12,15H,4-5,8,10-11H2,1-2H3. The number of nitrogens with zero attached hydrogens (tertiary/aromatic N) is 1. The molecule has 1 aliphatic rings. The van der Waals surface area contributed by atoms with Crippen LogP contribution in [-0.4, -0.2) is 46.5 Å². The lowest BCUT2D eigenvalue weighted by Crippen LogP contribution is -2.42. The molecule has 20 heavy (non-hydrogen) atoms. The first-order valence-corrected chi connectivity index (χ1v) is 8.30. The van der Waals surface area contributed by atoms with E-state index in [4.69, 9.17) is 4.74 Å². The van der Waals surface area contributed by atoms with Crippen molar-refractivity contribution in [3.8, 4) is 5.75 Å². The number of piperidine rings is 1. The summed E-state index contributed by atoms with van der Waals surface area (Å²) in [6.45, 7) is 2.03. The van der Waals surface area contributed by atoms with Crippen LogP contribution in [-0.2, 0) is 10.0 Å². The number of hydrogen-bond acceptors (Lipinski definition) is 4. The van der Waals surface area contributed by atoms with E-state index in [1.807, 2.05) is 7.05 Å². The van der Waals surface area contributed by atoms with Gasteiger partial charge in [-0.25, -0.2) is 8.42 Å². The number of benzene rings is 1. The minimum Gasteiger partial charge on any atom is -0.497 e. The highest BCUT2D eigenvalue weighted by Crippen LogP contribution is 2.25. The van der Waals surface area contributed by atoms with Gasteiger partial charge in [-0.15, -0.1) is 0 Å². The van der Waals surface area contributed by atoms with Crippen LogP contribution in [0.4, 0.5) is 0 Å². The van der Waals surface area contributed by atoms with Crippen molar-refractivity contribution in [2.24, 2.45) is 5.92 Å².